The van der Waals surface area contributed by atoms with Gasteiger partial charge in [-0.25, -0.2) is 4.79 Å². The minimum absolute atomic E-state index is 0.0251. The van der Waals surface area contributed by atoms with Crippen LogP contribution in [-0.4, -0.2) is 29.5 Å². The van der Waals surface area contributed by atoms with Gasteiger partial charge in [0.25, 0.3) is 0 Å². The van der Waals surface area contributed by atoms with Crippen molar-refractivity contribution in [2.45, 2.75) is 39.7 Å². The summed E-state index contributed by atoms with van der Waals surface area (Å²) in [6, 6.07) is 5.70. The van der Waals surface area contributed by atoms with E-state index in [4.69, 9.17) is 0 Å². The van der Waals surface area contributed by atoms with E-state index in [9.17, 15) is 4.79 Å². The lowest BCUT2D eigenvalue weighted by Gasteiger charge is -2.25. The summed E-state index contributed by atoms with van der Waals surface area (Å²) in [4.78, 5) is 18.1. The molecular formula is C15H25N3O. The third-order valence-corrected chi connectivity index (χ3v) is 3.71. The van der Waals surface area contributed by atoms with Crippen LogP contribution in [0.5, 0.6) is 0 Å². The molecule has 2 amide bonds. The van der Waals surface area contributed by atoms with Gasteiger partial charge >= 0.3 is 6.03 Å². The predicted molar refractivity (Wildman–Crippen MR) is 77.9 cm³/mol. The molecule has 1 rings (SSSR count). The van der Waals surface area contributed by atoms with E-state index in [2.05, 4.69) is 24.1 Å². The van der Waals surface area contributed by atoms with Crippen LogP contribution in [0, 0.1) is 5.92 Å². The van der Waals surface area contributed by atoms with Crippen molar-refractivity contribution in [3.8, 4) is 0 Å². The summed E-state index contributed by atoms with van der Waals surface area (Å²) in [5, 5.41) is 2.99. The van der Waals surface area contributed by atoms with E-state index >= 15 is 0 Å². The minimum atomic E-state index is -0.0370. The van der Waals surface area contributed by atoms with E-state index in [0.29, 0.717) is 5.92 Å². The van der Waals surface area contributed by atoms with Crippen LogP contribution in [0.15, 0.2) is 24.4 Å². The second kappa shape index (κ2) is 7.77. The quantitative estimate of drug-likeness (QED) is 0.856. The number of carbonyl (C=O) groups excluding carboxylic acids is 1. The average Bonchev–Trinajstić information content (AvgIpc) is 2.47. The van der Waals surface area contributed by atoms with Gasteiger partial charge < -0.3 is 10.2 Å². The molecule has 0 saturated heterocycles. The van der Waals surface area contributed by atoms with Gasteiger partial charge in [-0.3, -0.25) is 4.98 Å². The monoisotopic (exact) mass is 263 g/mol. The lowest BCUT2D eigenvalue weighted by molar-refractivity contribution is 0.191. The highest BCUT2D eigenvalue weighted by Crippen LogP contribution is 2.15. The summed E-state index contributed by atoms with van der Waals surface area (Å²) >= 11 is 0. The first-order chi connectivity index (χ1) is 9.10. The Bertz CT molecular complexity index is 376. The topological polar surface area (TPSA) is 45.2 Å². The van der Waals surface area contributed by atoms with Gasteiger partial charge in [0.2, 0.25) is 0 Å². The fourth-order valence-electron chi connectivity index (χ4n) is 1.93. The van der Waals surface area contributed by atoms with Gasteiger partial charge in [-0.2, -0.15) is 0 Å². The number of pyridine rings is 1. The molecule has 0 unspecified atom stereocenters. The number of nitrogens with one attached hydrogen (secondary N) is 1. The lowest BCUT2D eigenvalue weighted by Crippen LogP contribution is -2.40. The maximum atomic E-state index is 12.1. The van der Waals surface area contributed by atoms with Crippen molar-refractivity contribution in [2.24, 2.45) is 5.92 Å². The third kappa shape index (κ3) is 4.54. The highest BCUT2D eigenvalue weighted by molar-refractivity contribution is 5.74. The molecule has 1 atom stereocenters. The maximum Gasteiger partial charge on any atom is 0.317 e. The fourth-order valence-corrected chi connectivity index (χ4v) is 1.93. The molecule has 4 heteroatoms. The summed E-state index contributed by atoms with van der Waals surface area (Å²) in [5.74, 6) is 0.558. The molecule has 1 N–H and O–H groups in total. The molecular weight excluding hydrogens is 238 g/mol. The number of hydrogen-bond acceptors (Lipinski definition) is 2. The predicted octanol–water partition coefficient (Wildman–Crippen LogP) is 3.22. The summed E-state index contributed by atoms with van der Waals surface area (Å²) in [7, 11) is 1.81. The van der Waals surface area contributed by atoms with Gasteiger partial charge in [0.05, 0.1) is 11.7 Å². The van der Waals surface area contributed by atoms with Crippen molar-refractivity contribution in [3.05, 3.63) is 30.1 Å². The van der Waals surface area contributed by atoms with Crippen LogP contribution in [0.25, 0.3) is 0 Å². The molecule has 0 aliphatic heterocycles. The van der Waals surface area contributed by atoms with E-state index in [-0.39, 0.29) is 12.1 Å². The Morgan fingerprint density at radius 2 is 2.05 bits per heavy atom. The number of nitrogens with zero attached hydrogens (tertiary/aromatic N) is 2. The van der Waals surface area contributed by atoms with Crippen molar-refractivity contribution in [2.75, 3.05) is 13.6 Å². The van der Waals surface area contributed by atoms with Crippen LogP contribution in [0.2, 0.25) is 0 Å². The molecule has 0 aromatic carbocycles. The molecule has 0 spiro atoms. The highest BCUT2D eigenvalue weighted by Gasteiger charge is 2.18. The maximum absolute atomic E-state index is 12.1. The highest BCUT2D eigenvalue weighted by atomic mass is 16.2. The fraction of sp³-hybridized carbons (Fsp3) is 0.600. The van der Waals surface area contributed by atoms with E-state index in [1.165, 1.54) is 0 Å². The zero-order valence-corrected chi connectivity index (χ0v) is 12.4. The standard InChI is InChI=1S/C15H25N3O/c1-5-13(6-2)11-17-15(19)18(4)12(3)14-9-7-8-10-16-14/h7-10,12-13H,5-6,11H2,1-4H3,(H,17,19)/t12-/m1/s1. The van der Waals surface area contributed by atoms with Crippen LogP contribution in [0.1, 0.15) is 45.3 Å². The molecule has 106 valence electrons. The van der Waals surface area contributed by atoms with Crippen molar-refractivity contribution < 1.29 is 4.79 Å². The first-order valence-electron chi connectivity index (χ1n) is 7.01. The Hall–Kier alpha value is -1.58. The Kier molecular flexibility index (Phi) is 6.33. The lowest BCUT2D eigenvalue weighted by atomic mass is 10.0. The molecule has 0 fully saturated rings. The number of amides is 2. The zero-order valence-electron chi connectivity index (χ0n) is 12.4. The van der Waals surface area contributed by atoms with Crippen LogP contribution >= 0.6 is 0 Å². The molecule has 1 aromatic heterocycles. The van der Waals surface area contributed by atoms with Gasteiger partial charge in [0, 0.05) is 19.8 Å². The Morgan fingerprint density at radius 1 is 1.37 bits per heavy atom. The van der Waals surface area contributed by atoms with E-state index in [1.807, 2.05) is 32.2 Å². The van der Waals surface area contributed by atoms with Gasteiger partial charge in [-0.1, -0.05) is 32.8 Å². The van der Waals surface area contributed by atoms with Crippen LogP contribution in [-0.2, 0) is 0 Å². The molecule has 4 nitrogen and oxygen atoms in total. The number of aromatic nitrogens is 1. The van der Waals surface area contributed by atoms with Gasteiger partial charge in [0.15, 0.2) is 0 Å². The summed E-state index contributed by atoms with van der Waals surface area (Å²) in [5.41, 5.74) is 0.905. The molecule has 1 aromatic rings. The average molecular weight is 263 g/mol. The Balaban J connectivity index is 2.52. The second-order valence-corrected chi connectivity index (χ2v) is 4.91. The SMILES string of the molecule is CCC(CC)CNC(=O)N(C)[C@H](C)c1ccccn1. The Labute approximate surface area is 116 Å². The van der Waals surface area contributed by atoms with Gasteiger partial charge in [-0.05, 0) is 25.0 Å². The van der Waals surface area contributed by atoms with Crippen molar-refractivity contribution in [1.82, 2.24) is 15.2 Å². The largest absolute Gasteiger partial charge is 0.338 e. The summed E-state index contributed by atoms with van der Waals surface area (Å²) in [6.07, 6.45) is 3.94. The van der Waals surface area contributed by atoms with Crippen LogP contribution in [0.4, 0.5) is 4.79 Å². The molecule has 1 heterocycles. The molecule has 19 heavy (non-hydrogen) atoms. The summed E-state index contributed by atoms with van der Waals surface area (Å²) < 4.78 is 0. The molecule has 0 radical (unpaired) electrons. The third-order valence-electron chi connectivity index (χ3n) is 3.71. The zero-order chi connectivity index (χ0) is 14.3. The number of urea groups is 1. The van der Waals surface area contributed by atoms with Gasteiger partial charge in [0.1, 0.15) is 0 Å². The van der Waals surface area contributed by atoms with Gasteiger partial charge in [-0.15, -0.1) is 0 Å². The van der Waals surface area contributed by atoms with Crippen LogP contribution < -0.4 is 5.32 Å². The van der Waals surface area contributed by atoms with E-state index < -0.39 is 0 Å². The van der Waals surface area contributed by atoms with Crippen molar-refractivity contribution >= 4 is 6.03 Å². The van der Waals surface area contributed by atoms with E-state index in [0.717, 1.165) is 25.1 Å². The summed E-state index contributed by atoms with van der Waals surface area (Å²) in [6.45, 7) is 7.03. The molecule has 0 bridgehead atoms. The van der Waals surface area contributed by atoms with Crippen molar-refractivity contribution in [1.29, 1.82) is 0 Å². The van der Waals surface area contributed by atoms with E-state index in [1.54, 1.807) is 11.1 Å². The minimum Gasteiger partial charge on any atom is -0.338 e. The normalized spacial score (nSPS) is 12.3. The van der Waals surface area contributed by atoms with Crippen LogP contribution in [0.3, 0.4) is 0 Å². The second-order valence-electron chi connectivity index (χ2n) is 4.91. The first-order valence-corrected chi connectivity index (χ1v) is 7.01. The Morgan fingerprint density at radius 3 is 2.58 bits per heavy atom. The smallest absolute Gasteiger partial charge is 0.317 e. The molecule has 0 aliphatic rings. The molecule has 0 saturated carbocycles. The van der Waals surface area contributed by atoms with Crippen molar-refractivity contribution in [3.63, 3.8) is 0 Å². The number of carbonyl (C=O) groups is 1. The number of rotatable bonds is 6. The molecule has 0 aliphatic carbocycles. The first kappa shape index (κ1) is 15.5. The number of hydrogen-bond donors (Lipinski definition) is 1.